The van der Waals surface area contributed by atoms with Crippen LogP contribution >= 0.6 is 11.8 Å². The molecule has 22 heavy (non-hydrogen) atoms. The van der Waals surface area contributed by atoms with Crippen LogP contribution in [0.15, 0.2) is 53.4 Å². The van der Waals surface area contributed by atoms with E-state index in [1.165, 1.54) is 0 Å². The van der Waals surface area contributed by atoms with Crippen molar-refractivity contribution < 1.29 is 14.6 Å². The van der Waals surface area contributed by atoms with Crippen molar-refractivity contribution in [3.8, 4) is 11.5 Å². The Morgan fingerprint density at radius 3 is 2.95 bits per heavy atom. The van der Waals surface area contributed by atoms with Gasteiger partial charge in [0.15, 0.2) is 6.10 Å². The van der Waals surface area contributed by atoms with Crippen molar-refractivity contribution in [3.63, 3.8) is 0 Å². The summed E-state index contributed by atoms with van der Waals surface area (Å²) >= 11 is 1.64. The van der Waals surface area contributed by atoms with Gasteiger partial charge in [-0.1, -0.05) is 24.3 Å². The summed E-state index contributed by atoms with van der Waals surface area (Å²) in [4.78, 5) is 15.2. The molecule has 1 aliphatic rings. The van der Waals surface area contributed by atoms with Crippen LogP contribution in [-0.2, 0) is 11.3 Å². The Labute approximate surface area is 133 Å². The summed E-state index contributed by atoms with van der Waals surface area (Å²) in [6.07, 6.45) is -0.470. The van der Waals surface area contributed by atoms with Gasteiger partial charge in [0.2, 0.25) is 0 Å². The average Bonchev–Trinajstić information content (AvgIpc) is 2.53. The van der Waals surface area contributed by atoms with E-state index in [1.54, 1.807) is 41.9 Å². The van der Waals surface area contributed by atoms with Crippen LogP contribution in [0.4, 0.5) is 0 Å². The fourth-order valence-electron chi connectivity index (χ4n) is 2.39. The summed E-state index contributed by atoms with van der Waals surface area (Å²) in [5, 5.41) is 9.49. The quantitative estimate of drug-likeness (QED) is 0.946. The Morgan fingerprint density at radius 1 is 1.32 bits per heavy atom. The highest BCUT2D eigenvalue weighted by Crippen LogP contribution is 2.35. The normalized spacial score (nSPS) is 16.5. The van der Waals surface area contributed by atoms with Gasteiger partial charge in [0, 0.05) is 24.2 Å². The molecule has 2 aromatic rings. The lowest BCUT2D eigenvalue weighted by Gasteiger charge is -2.28. The summed E-state index contributed by atoms with van der Waals surface area (Å²) in [6, 6.07) is 14.7. The zero-order valence-corrected chi connectivity index (χ0v) is 13.0. The second kappa shape index (κ2) is 6.32. The third-order valence-electron chi connectivity index (χ3n) is 3.49. The fourth-order valence-corrected chi connectivity index (χ4v) is 3.37. The lowest BCUT2D eigenvalue weighted by atomic mass is 10.2. The van der Waals surface area contributed by atoms with Crippen LogP contribution in [0.25, 0.3) is 0 Å². The summed E-state index contributed by atoms with van der Waals surface area (Å²) in [5.74, 6) is 1.53. The number of hydrogen-bond donors (Lipinski definition) is 1. The predicted molar refractivity (Wildman–Crippen MR) is 86.2 cm³/mol. The standard InChI is InChI=1S/C17H17NO3S/c1-18(10-12-5-4-6-13(19)9-12)17(20)15-11-22-16-8-3-2-7-14(16)21-15/h2-9,15,19H,10-11H2,1H3. The number of rotatable bonds is 3. The van der Waals surface area contributed by atoms with Crippen LogP contribution in [0.3, 0.4) is 0 Å². The van der Waals surface area contributed by atoms with Gasteiger partial charge in [-0.05, 0) is 29.8 Å². The average molecular weight is 315 g/mol. The number of phenolic OH excluding ortho intramolecular Hbond substituents is 1. The molecule has 2 aromatic carbocycles. The van der Waals surface area contributed by atoms with E-state index in [1.807, 2.05) is 30.3 Å². The second-order valence-electron chi connectivity index (χ2n) is 5.23. The van der Waals surface area contributed by atoms with Gasteiger partial charge in [-0.25, -0.2) is 0 Å². The lowest BCUT2D eigenvalue weighted by molar-refractivity contribution is -0.137. The minimum atomic E-state index is -0.470. The molecule has 0 fully saturated rings. The Balaban J connectivity index is 1.67. The molecule has 1 amide bonds. The smallest absolute Gasteiger partial charge is 0.264 e. The van der Waals surface area contributed by atoms with E-state index in [0.717, 1.165) is 16.2 Å². The number of carbonyl (C=O) groups excluding carboxylic acids is 1. The van der Waals surface area contributed by atoms with Crippen molar-refractivity contribution in [2.24, 2.45) is 0 Å². The van der Waals surface area contributed by atoms with Gasteiger partial charge in [0.1, 0.15) is 11.5 Å². The lowest BCUT2D eigenvalue weighted by Crippen LogP contribution is -2.42. The van der Waals surface area contributed by atoms with Crippen LogP contribution in [-0.4, -0.2) is 34.8 Å². The summed E-state index contributed by atoms with van der Waals surface area (Å²) < 4.78 is 5.81. The number of thioether (sulfide) groups is 1. The molecule has 0 aliphatic carbocycles. The minimum absolute atomic E-state index is 0.0506. The summed E-state index contributed by atoms with van der Waals surface area (Å²) in [5.41, 5.74) is 0.889. The predicted octanol–water partition coefficient (Wildman–Crippen LogP) is 2.90. The molecule has 0 saturated heterocycles. The van der Waals surface area contributed by atoms with Crippen LogP contribution in [0, 0.1) is 0 Å². The maximum atomic E-state index is 12.5. The van der Waals surface area contributed by atoms with Gasteiger partial charge in [0.25, 0.3) is 5.91 Å². The van der Waals surface area contributed by atoms with Crippen molar-refractivity contribution in [1.82, 2.24) is 4.90 Å². The Hall–Kier alpha value is -2.14. The number of ether oxygens (including phenoxy) is 1. The highest BCUT2D eigenvalue weighted by Gasteiger charge is 2.28. The van der Waals surface area contributed by atoms with E-state index >= 15 is 0 Å². The van der Waals surface area contributed by atoms with E-state index < -0.39 is 6.10 Å². The van der Waals surface area contributed by atoms with Gasteiger partial charge >= 0.3 is 0 Å². The Kier molecular flexibility index (Phi) is 4.24. The van der Waals surface area contributed by atoms with Crippen LogP contribution in [0.2, 0.25) is 0 Å². The number of benzene rings is 2. The molecular weight excluding hydrogens is 298 g/mol. The number of amides is 1. The van der Waals surface area contributed by atoms with E-state index in [4.69, 9.17) is 4.74 Å². The maximum Gasteiger partial charge on any atom is 0.264 e. The van der Waals surface area contributed by atoms with Gasteiger partial charge in [-0.15, -0.1) is 11.8 Å². The molecular formula is C17H17NO3S. The third-order valence-corrected chi connectivity index (χ3v) is 4.61. The molecule has 1 aliphatic heterocycles. The number of nitrogens with zero attached hydrogens (tertiary/aromatic N) is 1. The van der Waals surface area contributed by atoms with Crippen LogP contribution in [0.5, 0.6) is 11.5 Å². The highest BCUT2D eigenvalue weighted by atomic mass is 32.2. The first-order valence-corrected chi connectivity index (χ1v) is 8.03. The summed E-state index contributed by atoms with van der Waals surface area (Å²) in [7, 11) is 1.75. The summed E-state index contributed by atoms with van der Waals surface area (Å²) in [6.45, 7) is 0.444. The van der Waals surface area contributed by atoms with Crippen molar-refractivity contribution in [1.29, 1.82) is 0 Å². The van der Waals surface area contributed by atoms with Crippen LogP contribution < -0.4 is 4.74 Å². The number of carbonyl (C=O) groups is 1. The maximum absolute atomic E-state index is 12.5. The Morgan fingerprint density at radius 2 is 2.14 bits per heavy atom. The molecule has 0 bridgehead atoms. The highest BCUT2D eigenvalue weighted by molar-refractivity contribution is 7.99. The first-order valence-electron chi connectivity index (χ1n) is 7.05. The van der Waals surface area contributed by atoms with E-state index in [2.05, 4.69) is 0 Å². The number of fused-ring (bicyclic) bond motifs is 1. The number of para-hydroxylation sites is 1. The molecule has 1 unspecified atom stereocenters. The molecule has 0 radical (unpaired) electrons. The number of hydrogen-bond acceptors (Lipinski definition) is 4. The van der Waals surface area contributed by atoms with Gasteiger partial charge in [0.05, 0.1) is 0 Å². The first-order chi connectivity index (χ1) is 10.6. The topological polar surface area (TPSA) is 49.8 Å². The molecule has 114 valence electrons. The number of aromatic hydroxyl groups is 1. The SMILES string of the molecule is CN(Cc1cccc(O)c1)C(=O)C1CSc2ccccc2O1. The van der Waals surface area contributed by atoms with Crippen molar-refractivity contribution in [3.05, 3.63) is 54.1 Å². The van der Waals surface area contributed by atoms with E-state index in [9.17, 15) is 9.90 Å². The van der Waals surface area contributed by atoms with E-state index in [0.29, 0.717) is 12.3 Å². The van der Waals surface area contributed by atoms with Crippen molar-refractivity contribution in [2.45, 2.75) is 17.5 Å². The number of likely N-dealkylation sites (N-methyl/N-ethyl adjacent to an activating group) is 1. The Bertz CT molecular complexity index is 689. The van der Waals surface area contributed by atoms with Crippen molar-refractivity contribution in [2.75, 3.05) is 12.8 Å². The van der Waals surface area contributed by atoms with Gasteiger partial charge in [-0.2, -0.15) is 0 Å². The fraction of sp³-hybridized carbons (Fsp3) is 0.235. The molecule has 1 N–H and O–H groups in total. The monoisotopic (exact) mass is 315 g/mol. The molecule has 0 aromatic heterocycles. The van der Waals surface area contributed by atoms with Crippen LogP contribution in [0.1, 0.15) is 5.56 Å². The molecule has 0 spiro atoms. The van der Waals surface area contributed by atoms with Crippen molar-refractivity contribution >= 4 is 17.7 Å². The molecule has 5 heteroatoms. The minimum Gasteiger partial charge on any atom is -0.508 e. The zero-order chi connectivity index (χ0) is 15.5. The molecule has 3 rings (SSSR count). The molecule has 4 nitrogen and oxygen atoms in total. The zero-order valence-electron chi connectivity index (χ0n) is 12.2. The van der Waals surface area contributed by atoms with Gasteiger partial charge < -0.3 is 14.7 Å². The molecule has 1 heterocycles. The first kappa shape index (κ1) is 14.8. The largest absolute Gasteiger partial charge is 0.508 e. The molecule has 1 atom stereocenters. The third kappa shape index (κ3) is 3.20. The number of phenols is 1. The van der Waals surface area contributed by atoms with Gasteiger partial charge in [-0.3, -0.25) is 4.79 Å². The van der Waals surface area contributed by atoms with E-state index in [-0.39, 0.29) is 11.7 Å². The second-order valence-corrected chi connectivity index (χ2v) is 6.29. The molecule has 0 saturated carbocycles.